The summed E-state index contributed by atoms with van der Waals surface area (Å²) < 4.78 is 85.6. The Kier molecular flexibility index (Phi) is 13.4. The molecule has 0 atom stereocenters. The quantitative estimate of drug-likeness (QED) is 0.135. The summed E-state index contributed by atoms with van der Waals surface area (Å²) in [4.78, 5) is 14.0. The van der Waals surface area contributed by atoms with Gasteiger partial charge in [0.25, 0.3) is 0 Å². The minimum absolute atomic E-state index is 0.116. The number of hydrogen-bond acceptors (Lipinski definition) is 11. The highest BCUT2D eigenvalue weighted by molar-refractivity contribution is 7.89. The molecule has 2 fully saturated rings. The van der Waals surface area contributed by atoms with Crippen molar-refractivity contribution in [2.24, 2.45) is 0 Å². The number of thiazole rings is 2. The first kappa shape index (κ1) is 42.3. The van der Waals surface area contributed by atoms with E-state index in [1.165, 1.54) is 68.3 Å². The van der Waals surface area contributed by atoms with E-state index in [1.54, 1.807) is 29.8 Å². The van der Waals surface area contributed by atoms with E-state index in [9.17, 15) is 25.6 Å². The summed E-state index contributed by atoms with van der Waals surface area (Å²) in [6.07, 6.45) is 1.47. The van der Waals surface area contributed by atoms with E-state index in [0.29, 0.717) is 58.8 Å². The Morgan fingerprint density at radius 1 is 0.610 bits per heavy atom. The normalized spacial score (nSPS) is 15.5. The summed E-state index contributed by atoms with van der Waals surface area (Å²) >= 11 is 3.15. The molecule has 2 saturated heterocycles. The first-order valence-electron chi connectivity index (χ1n) is 19.0. The molecular formula is C42H44F2N6O5S4. The molecule has 0 N–H and O–H groups in total. The maximum absolute atomic E-state index is 13.1. The number of anilines is 2. The lowest BCUT2D eigenvalue weighted by atomic mass is 10.1. The van der Waals surface area contributed by atoms with E-state index in [0.717, 1.165) is 39.4 Å². The summed E-state index contributed by atoms with van der Waals surface area (Å²) in [5.41, 5.74) is 5.53. The molecule has 0 amide bonds. The zero-order valence-corrected chi connectivity index (χ0v) is 35.8. The summed E-state index contributed by atoms with van der Waals surface area (Å²) in [6, 6.07) is 26.2. The molecule has 0 radical (unpaired) electrons. The first-order chi connectivity index (χ1) is 28.4. The van der Waals surface area contributed by atoms with Gasteiger partial charge in [0.1, 0.15) is 17.4 Å². The molecule has 17 heteroatoms. The highest BCUT2D eigenvalue weighted by Gasteiger charge is 2.31. The Morgan fingerprint density at radius 3 is 1.56 bits per heavy atom. The molecule has 0 unspecified atom stereocenters. The van der Waals surface area contributed by atoms with Gasteiger partial charge in [0.2, 0.25) is 20.0 Å². The minimum Gasteiger partial charge on any atom is -0.496 e. The zero-order chi connectivity index (χ0) is 41.6. The molecule has 0 spiro atoms. The van der Waals surface area contributed by atoms with Gasteiger partial charge in [-0.25, -0.2) is 35.6 Å². The number of benzene rings is 4. The third kappa shape index (κ3) is 10.3. The number of para-hydroxylation sites is 1. The van der Waals surface area contributed by atoms with Crippen LogP contribution in [0.1, 0.15) is 28.1 Å². The van der Waals surface area contributed by atoms with Gasteiger partial charge in [0.05, 0.1) is 28.3 Å². The van der Waals surface area contributed by atoms with Crippen molar-refractivity contribution >= 4 is 53.0 Å². The topological polar surface area (TPSA) is 116 Å². The Bertz CT molecular complexity index is 2550. The van der Waals surface area contributed by atoms with E-state index >= 15 is 0 Å². The van der Waals surface area contributed by atoms with Gasteiger partial charge in [-0.3, -0.25) is 0 Å². The third-order valence-corrected chi connectivity index (χ3v) is 15.8. The number of hydrogen-bond donors (Lipinski definition) is 0. The lowest BCUT2D eigenvalue weighted by Gasteiger charge is -2.33. The lowest BCUT2D eigenvalue weighted by Crippen LogP contribution is -2.48. The molecule has 8 rings (SSSR count). The largest absolute Gasteiger partial charge is 0.496 e. The number of nitrogens with zero attached hydrogens (tertiary/aromatic N) is 6. The maximum Gasteiger partial charge on any atom is 0.243 e. The summed E-state index contributed by atoms with van der Waals surface area (Å²) in [7, 11) is -5.56. The third-order valence-electron chi connectivity index (χ3n) is 10.0. The van der Waals surface area contributed by atoms with Crippen LogP contribution in [-0.2, 0) is 32.9 Å². The number of ether oxygens (including phenoxy) is 1. The van der Waals surface area contributed by atoms with Gasteiger partial charge in [-0.2, -0.15) is 8.61 Å². The van der Waals surface area contributed by atoms with Gasteiger partial charge in [-0.05, 0) is 67.1 Å². The van der Waals surface area contributed by atoms with Crippen molar-refractivity contribution in [3.05, 3.63) is 148 Å². The second-order valence-electron chi connectivity index (χ2n) is 14.1. The van der Waals surface area contributed by atoms with Gasteiger partial charge in [-0.1, -0.05) is 48.0 Å². The predicted octanol–water partition coefficient (Wildman–Crippen LogP) is 7.08. The Hall–Kier alpha value is -4.78. The smallest absolute Gasteiger partial charge is 0.243 e. The molecule has 11 nitrogen and oxygen atoms in total. The number of aromatic nitrogens is 2. The van der Waals surface area contributed by atoms with Crippen molar-refractivity contribution in [3.8, 4) is 5.75 Å². The van der Waals surface area contributed by atoms with Crippen molar-refractivity contribution in [2.75, 3.05) is 69.3 Å². The number of methoxy groups -OCH3 is 1. The van der Waals surface area contributed by atoms with Gasteiger partial charge in [-0.15, -0.1) is 22.7 Å². The summed E-state index contributed by atoms with van der Waals surface area (Å²) in [5, 5.41) is 5.91. The van der Waals surface area contributed by atoms with Gasteiger partial charge < -0.3 is 14.5 Å². The van der Waals surface area contributed by atoms with Crippen LogP contribution in [0.15, 0.2) is 118 Å². The van der Waals surface area contributed by atoms with Crippen LogP contribution in [0, 0.1) is 18.6 Å². The Labute approximate surface area is 352 Å². The van der Waals surface area contributed by atoms with Gasteiger partial charge in [0.15, 0.2) is 10.3 Å². The molecule has 2 aliphatic rings. The van der Waals surface area contributed by atoms with E-state index in [2.05, 4.69) is 46.4 Å². The summed E-state index contributed by atoms with van der Waals surface area (Å²) in [5.74, 6) is -0.0582. The fourth-order valence-electron chi connectivity index (χ4n) is 6.87. The van der Waals surface area contributed by atoms with Crippen LogP contribution in [0.25, 0.3) is 0 Å². The van der Waals surface area contributed by atoms with Crippen LogP contribution in [0.4, 0.5) is 19.0 Å². The molecule has 0 aliphatic carbocycles. The maximum atomic E-state index is 13.1. The molecule has 59 heavy (non-hydrogen) atoms. The second-order valence-corrected chi connectivity index (χ2v) is 19.6. The van der Waals surface area contributed by atoms with Crippen molar-refractivity contribution in [2.45, 2.75) is 29.6 Å². The fourth-order valence-corrected chi connectivity index (χ4v) is 11.5. The van der Waals surface area contributed by atoms with Crippen LogP contribution < -0.4 is 14.5 Å². The van der Waals surface area contributed by atoms with E-state index in [-0.39, 0.29) is 9.79 Å². The highest BCUT2D eigenvalue weighted by atomic mass is 32.2. The Balaban J connectivity index is 0.000000179. The number of halogens is 2. The molecule has 4 heterocycles. The number of rotatable bonds is 11. The fraction of sp³-hybridized carbons (Fsp3) is 0.286. The average Bonchev–Trinajstić information content (AvgIpc) is 3.92. The van der Waals surface area contributed by atoms with Gasteiger partial charge in [0, 0.05) is 81.5 Å². The zero-order valence-electron chi connectivity index (χ0n) is 32.6. The van der Waals surface area contributed by atoms with Crippen molar-refractivity contribution in [1.82, 2.24) is 18.6 Å². The predicted molar refractivity (Wildman–Crippen MR) is 229 cm³/mol. The number of piperazine rings is 2. The van der Waals surface area contributed by atoms with Crippen molar-refractivity contribution in [1.29, 1.82) is 0 Å². The SMILES string of the molecule is COc1ccccc1Cc1csc(N2CCN(S(=O)(=O)c3ccc(F)cc3)CC2)n1.Cc1cccc(Cc2csc(N3CCN(S(=O)(=O)c4ccc(F)cc4)CC3)n2)c1. The number of aryl methyl sites for hydroxylation is 1. The van der Waals surface area contributed by atoms with Crippen LogP contribution in [-0.4, -0.2) is 94.9 Å². The molecule has 2 aliphatic heterocycles. The molecular weight excluding hydrogens is 835 g/mol. The molecule has 0 bridgehead atoms. The van der Waals surface area contributed by atoms with E-state index in [1.807, 2.05) is 29.6 Å². The average molecular weight is 879 g/mol. The second kappa shape index (κ2) is 18.6. The van der Waals surface area contributed by atoms with E-state index in [4.69, 9.17) is 14.7 Å². The summed E-state index contributed by atoms with van der Waals surface area (Å²) in [6.45, 7) is 5.84. The van der Waals surface area contributed by atoms with Crippen LogP contribution in [0.3, 0.4) is 0 Å². The lowest BCUT2D eigenvalue weighted by molar-refractivity contribution is 0.384. The van der Waals surface area contributed by atoms with Crippen molar-refractivity contribution < 1.29 is 30.4 Å². The minimum atomic E-state index is -3.62. The van der Waals surface area contributed by atoms with Crippen LogP contribution >= 0.6 is 22.7 Å². The van der Waals surface area contributed by atoms with Crippen LogP contribution in [0.5, 0.6) is 5.75 Å². The molecule has 4 aromatic carbocycles. The van der Waals surface area contributed by atoms with Crippen LogP contribution in [0.2, 0.25) is 0 Å². The highest BCUT2D eigenvalue weighted by Crippen LogP contribution is 2.28. The van der Waals surface area contributed by atoms with Crippen molar-refractivity contribution in [3.63, 3.8) is 0 Å². The Morgan fingerprint density at radius 2 is 1.08 bits per heavy atom. The standard InChI is InChI=1S/C21H22FN3O3S2.C21H22FN3O2S2/c1-28-20-5-3-2-4-16(20)14-18-15-29-21(23-18)24-10-12-25(13-11-24)30(26,27)19-8-6-17(22)7-9-19;1-16-3-2-4-17(13-16)14-19-15-28-21(23-19)24-9-11-25(12-10-24)29(26,27)20-7-5-18(22)6-8-20/h2-9,15H,10-14H2,1H3;2-8,13,15H,9-12,14H2,1H3. The molecule has 310 valence electrons. The number of sulfonamides is 2. The van der Waals surface area contributed by atoms with E-state index < -0.39 is 31.7 Å². The molecule has 0 saturated carbocycles. The monoisotopic (exact) mass is 878 g/mol. The van der Waals surface area contributed by atoms with Gasteiger partial charge >= 0.3 is 0 Å². The first-order valence-corrected chi connectivity index (χ1v) is 23.6. The molecule has 2 aromatic heterocycles. The molecule has 6 aromatic rings.